The molecule has 3 nitrogen and oxygen atoms in total. The van der Waals surface area contributed by atoms with Crippen LogP contribution < -0.4 is 11.1 Å². The Morgan fingerprint density at radius 3 is 2.55 bits per heavy atom. The van der Waals surface area contributed by atoms with Gasteiger partial charge in [0.05, 0.1) is 5.54 Å². The summed E-state index contributed by atoms with van der Waals surface area (Å²) in [6.45, 7) is 7.16. The number of hydrogen-bond donors (Lipinski definition) is 2. The Bertz CT molecular complexity index is 127. The molecule has 0 aromatic carbocycles. The van der Waals surface area contributed by atoms with Crippen molar-refractivity contribution in [3.05, 3.63) is 6.54 Å². The third-order valence-electron chi connectivity index (χ3n) is 1.25. The van der Waals surface area contributed by atoms with Crippen molar-refractivity contribution in [1.29, 1.82) is 0 Å². The lowest BCUT2D eigenvalue weighted by Gasteiger charge is -2.16. The van der Waals surface area contributed by atoms with Crippen LogP contribution in [-0.4, -0.2) is 11.4 Å². The summed E-state index contributed by atoms with van der Waals surface area (Å²) >= 11 is 0. The Balaban J connectivity index is 3.54. The van der Waals surface area contributed by atoms with Crippen LogP contribution in [0.2, 0.25) is 0 Å². The number of nitrogens with one attached hydrogen (secondary N) is 1. The lowest BCUT2D eigenvalue weighted by molar-refractivity contribution is -0.124. The van der Waals surface area contributed by atoms with E-state index in [2.05, 4.69) is 12.2 Å². The molecule has 0 saturated heterocycles. The molecule has 1 radical (unpaired) electrons. The van der Waals surface area contributed by atoms with E-state index < -0.39 is 5.54 Å². The summed E-state index contributed by atoms with van der Waals surface area (Å²) in [5, 5.41) is 2.63. The van der Waals surface area contributed by atoms with E-state index in [-0.39, 0.29) is 5.91 Å². The molecular formula is C8H17N2O. The zero-order valence-electron chi connectivity index (χ0n) is 7.48. The van der Waals surface area contributed by atoms with Gasteiger partial charge in [-0.25, -0.2) is 0 Å². The fraction of sp³-hybridized carbons (Fsp3) is 0.750. The molecule has 0 heterocycles. The zero-order valence-corrected chi connectivity index (χ0v) is 7.48. The highest BCUT2D eigenvalue weighted by Gasteiger charge is 2.20. The summed E-state index contributed by atoms with van der Waals surface area (Å²) in [4.78, 5) is 11.1. The van der Waals surface area contributed by atoms with Crippen molar-refractivity contribution in [3.63, 3.8) is 0 Å². The summed E-state index contributed by atoms with van der Waals surface area (Å²) in [5.41, 5.74) is 4.76. The molecule has 0 aliphatic rings. The van der Waals surface area contributed by atoms with Crippen LogP contribution in [0.15, 0.2) is 0 Å². The zero-order chi connectivity index (χ0) is 8.91. The highest BCUT2D eigenvalue weighted by Crippen LogP contribution is 1.97. The molecule has 0 spiro atoms. The molecule has 0 bridgehead atoms. The van der Waals surface area contributed by atoms with Gasteiger partial charge in [0.1, 0.15) is 0 Å². The molecule has 3 heteroatoms. The van der Waals surface area contributed by atoms with Gasteiger partial charge < -0.3 is 11.1 Å². The van der Waals surface area contributed by atoms with Crippen LogP contribution in [0.25, 0.3) is 0 Å². The van der Waals surface area contributed by atoms with Gasteiger partial charge in [0.25, 0.3) is 0 Å². The topological polar surface area (TPSA) is 55.1 Å². The van der Waals surface area contributed by atoms with Gasteiger partial charge in [0.15, 0.2) is 0 Å². The van der Waals surface area contributed by atoms with E-state index in [1.807, 2.05) is 0 Å². The minimum Gasteiger partial charge on any atom is -0.350 e. The molecule has 3 N–H and O–H groups in total. The van der Waals surface area contributed by atoms with Gasteiger partial charge in [-0.1, -0.05) is 13.3 Å². The maximum Gasteiger partial charge on any atom is 0.239 e. The van der Waals surface area contributed by atoms with E-state index >= 15 is 0 Å². The smallest absolute Gasteiger partial charge is 0.239 e. The second-order valence-corrected chi connectivity index (χ2v) is 3.19. The van der Waals surface area contributed by atoms with Gasteiger partial charge in [-0.05, 0) is 20.3 Å². The van der Waals surface area contributed by atoms with E-state index in [1.54, 1.807) is 20.4 Å². The molecule has 0 rings (SSSR count). The van der Waals surface area contributed by atoms with E-state index in [0.29, 0.717) is 0 Å². The number of carbonyl (C=O) groups is 1. The summed E-state index contributed by atoms with van der Waals surface area (Å²) in [7, 11) is 0. The fourth-order valence-corrected chi connectivity index (χ4v) is 0.495. The average molecular weight is 157 g/mol. The predicted octanol–water partition coefficient (Wildman–Crippen LogP) is 0.802. The first kappa shape index (κ1) is 10.4. The van der Waals surface area contributed by atoms with Gasteiger partial charge in [0, 0.05) is 6.54 Å². The maximum absolute atomic E-state index is 11.1. The van der Waals surface area contributed by atoms with Crippen molar-refractivity contribution in [3.8, 4) is 0 Å². The predicted molar refractivity (Wildman–Crippen MR) is 45.6 cm³/mol. The van der Waals surface area contributed by atoms with Crippen LogP contribution >= 0.6 is 0 Å². The van der Waals surface area contributed by atoms with Crippen LogP contribution in [0.1, 0.15) is 33.6 Å². The number of rotatable bonds is 4. The third-order valence-corrected chi connectivity index (χ3v) is 1.25. The second kappa shape index (κ2) is 4.34. The summed E-state index contributed by atoms with van der Waals surface area (Å²) < 4.78 is 0. The Labute approximate surface area is 68.3 Å². The molecule has 1 amide bonds. The normalized spacial score (nSPS) is 11.3. The number of hydrogen-bond acceptors (Lipinski definition) is 2. The first-order valence-corrected chi connectivity index (χ1v) is 3.90. The largest absolute Gasteiger partial charge is 0.350 e. The van der Waals surface area contributed by atoms with Gasteiger partial charge in [-0.3, -0.25) is 4.79 Å². The summed E-state index contributed by atoms with van der Waals surface area (Å²) in [5.74, 6) is -0.133. The van der Waals surface area contributed by atoms with Crippen LogP contribution in [-0.2, 0) is 4.79 Å². The van der Waals surface area contributed by atoms with Crippen LogP contribution in [0, 0.1) is 6.54 Å². The van der Waals surface area contributed by atoms with Crippen molar-refractivity contribution in [2.75, 3.05) is 0 Å². The molecule has 0 saturated carbocycles. The van der Waals surface area contributed by atoms with E-state index in [1.165, 1.54) is 0 Å². The molecular weight excluding hydrogens is 140 g/mol. The number of amides is 1. The van der Waals surface area contributed by atoms with E-state index in [9.17, 15) is 4.79 Å². The maximum atomic E-state index is 11.1. The first-order valence-electron chi connectivity index (χ1n) is 3.90. The van der Waals surface area contributed by atoms with Crippen LogP contribution in [0.4, 0.5) is 0 Å². The fourth-order valence-electron chi connectivity index (χ4n) is 0.495. The van der Waals surface area contributed by atoms with Crippen molar-refractivity contribution in [2.45, 2.75) is 39.2 Å². The van der Waals surface area contributed by atoms with E-state index in [0.717, 1.165) is 12.8 Å². The van der Waals surface area contributed by atoms with Gasteiger partial charge in [0.2, 0.25) is 5.91 Å². The average Bonchev–Trinajstić information content (AvgIpc) is 1.86. The minimum atomic E-state index is -0.774. The molecule has 0 unspecified atom stereocenters. The molecule has 65 valence electrons. The van der Waals surface area contributed by atoms with Crippen molar-refractivity contribution >= 4 is 5.91 Å². The highest BCUT2D eigenvalue weighted by atomic mass is 16.2. The standard InChI is InChI=1S/C8H17N2O/c1-4-5-6-10-7(11)8(2,3)9/h6H,4-5,9H2,1-3H3,(H,10,11). The number of carbonyl (C=O) groups excluding carboxylic acids is 1. The van der Waals surface area contributed by atoms with Gasteiger partial charge in [-0.2, -0.15) is 0 Å². The van der Waals surface area contributed by atoms with Crippen molar-refractivity contribution < 1.29 is 4.79 Å². The van der Waals surface area contributed by atoms with Crippen LogP contribution in [0.5, 0.6) is 0 Å². The summed E-state index contributed by atoms with van der Waals surface area (Å²) in [6.07, 6.45) is 1.92. The molecule has 0 aromatic heterocycles. The molecule has 11 heavy (non-hydrogen) atoms. The van der Waals surface area contributed by atoms with Crippen molar-refractivity contribution in [1.82, 2.24) is 5.32 Å². The van der Waals surface area contributed by atoms with E-state index in [4.69, 9.17) is 5.73 Å². The molecule has 0 aromatic rings. The minimum absolute atomic E-state index is 0.133. The Hall–Kier alpha value is -0.570. The monoisotopic (exact) mass is 157 g/mol. The van der Waals surface area contributed by atoms with Crippen LogP contribution in [0.3, 0.4) is 0 Å². The second-order valence-electron chi connectivity index (χ2n) is 3.19. The summed E-state index contributed by atoms with van der Waals surface area (Å²) in [6, 6.07) is 0. The SMILES string of the molecule is CCC[CH]NC(=O)C(C)(C)N. The molecule has 0 aliphatic heterocycles. The molecule has 0 atom stereocenters. The molecule has 0 aliphatic carbocycles. The lowest BCUT2D eigenvalue weighted by atomic mass is 10.1. The third kappa shape index (κ3) is 4.79. The molecule has 0 fully saturated rings. The Morgan fingerprint density at radius 2 is 2.18 bits per heavy atom. The van der Waals surface area contributed by atoms with Gasteiger partial charge >= 0.3 is 0 Å². The highest BCUT2D eigenvalue weighted by molar-refractivity contribution is 5.85. The first-order chi connectivity index (χ1) is 4.98. The number of unbranched alkanes of at least 4 members (excludes halogenated alkanes) is 1. The quantitative estimate of drug-likeness (QED) is 0.593. The lowest BCUT2D eigenvalue weighted by Crippen LogP contribution is -2.48. The number of nitrogens with two attached hydrogens (primary N) is 1. The Kier molecular flexibility index (Phi) is 4.11. The van der Waals surface area contributed by atoms with Gasteiger partial charge in [-0.15, -0.1) is 0 Å². The van der Waals surface area contributed by atoms with Crippen molar-refractivity contribution in [2.24, 2.45) is 5.73 Å². The Morgan fingerprint density at radius 1 is 1.64 bits per heavy atom.